The van der Waals surface area contributed by atoms with Crippen LogP contribution in [-0.4, -0.2) is 32.7 Å². The summed E-state index contributed by atoms with van der Waals surface area (Å²) in [6, 6.07) is 9.06. The molecule has 0 saturated heterocycles. The molecule has 2 aromatic rings. The molecule has 0 heterocycles. The summed E-state index contributed by atoms with van der Waals surface area (Å²) in [6.45, 7) is 1.80. The van der Waals surface area contributed by atoms with Crippen molar-refractivity contribution in [2.75, 3.05) is 14.1 Å². The Morgan fingerprint density at radius 3 is 2.48 bits per heavy atom. The van der Waals surface area contributed by atoms with Crippen LogP contribution >= 0.6 is 15.9 Å². The molecule has 0 radical (unpaired) electrons. The Balaban J connectivity index is 2.21. The first-order valence-electron chi connectivity index (χ1n) is 7.38. The zero-order valence-corrected chi connectivity index (χ0v) is 16.4. The molecule has 0 saturated carbocycles. The fourth-order valence-corrected chi connectivity index (χ4v) is 3.91. The van der Waals surface area contributed by atoms with Gasteiger partial charge in [0.25, 0.3) is 5.91 Å². The second-order valence-electron chi connectivity index (χ2n) is 5.70. The van der Waals surface area contributed by atoms with Crippen molar-refractivity contribution in [1.82, 2.24) is 9.62 Å². The van der Waals surface area contributed by atoms with Crippen molar-refractivity contribution < 1.29 is 17.6 Å². The van der Waals surface area contributed by atoms with Gasteiger partial charge in [0.1, 0.15) is 5.82 Å². The molecule has 134 valence electrons. The highest BCUT2D eigenvalue weighted by Crippen LogP contribution is 2.25. The standard InChI is InChI=1S/C17H18BrFN2O3S/c1-11-4-5-12(8-15(11)19)10-20-17(22)13-6-7-14(18)16(9-13)25(23,24)21(2)3/h4-9H,10H2,1-3H3,(H,20,22). The van der Waals surface area contributed by atoms with Crippen LogP contribution in [0.1, 0.15) is 21.5 Å². The quantitative estimate of drug-likeness (QED) is 0.795. The second kappa shape index (κ2) is 7.63. The predicted octanol–water partition coefficient (Wildman–Crippen LogP) is 3.08. The number of carbonyl (C=O) groups is 1. The molecule has 0 atom stereocenters. The summed E-state index contributed by atoms with van der Waals surface area (Å²) >= 11 is 3.19. The van der Waals surface area contributed by atoms with E-state index >= 15 is 0 Å². The van der Waals surface area contributed by atoms with Crippen molar-refractivity contribution in [3.8, 4) is 0 Å². The molecule has 0 fully saturated rings. The van der Waals surface area contributed by atoms with Crippen LogP contribution < -0.4 is 5.32 Å². The highest BCUT2D eigenvalue weighted by Gasteiger charge is 2.22. The topological polar surface area (TPSA) is 66.5 Å². The molecule has 1 amide bonds. The number of sulfonamides is 1. The van der Waals surface area contributed by atoms with E-state index in [1.807, 2.05) is 0 Å². The van der Waals surface area contributed by atoms with E-state index in [4.69, 9.17) is 0 Å². The van der Waals surface area contributed by atoms with Crippen molar-refractivity contribution in [3.05, 3.63) is 63.4 Å². The van der Waals surface area contributed by atoms with Crippen LogP contribution in [-0.2, 0) is 16.6 Å². The Kier molecular flexibility index (Phi) is 5.97. The molecule has 8 heteroatoms. The Hall–Kier alpha value is -1.77. The van der Waals surface area contributed by atoms with Crippen LogP contribution in [0.25, 0.3) is 0 Å². The molecule has 0 aliphatic rings. The van der Waals surface area contributed by atoms with Gasteiger partial charge in [-0.05, 0) is 58.2 Å². The zero-order chi connectivity index (χ0) is 18.8. The van der Waals surface area contributed by atoms with Gasteiger partial charge in [0.05, 0.1) is 4.90 Å². The van der Waals surface area contributed by atoms with Crippen LogP contribution in [0, 0.1) is 12.7 Å². The Bertz CT molecular complexity index is 914. The van der Waals surface area contributed by atoms with Gasteiger partial charge in [-0.25, -0.2) is 17.1 Å². The van der Waals surface area contributed by atoms with Gasteiger partial charge in [-0.15, -0.1) is 0 Å². The third kappa shape index (κ3) is 4.45. The second-order valence-corrected chi connectivity index (χ2v) is 8.67. The average Bonchev–Trinajstić information content (AvgIpc) is 2.55. The fourth-order valence-electron chi connectivity index (χ4n) is 2.07. The zero-order valence-electron chi connectivity index (χ0n) is 14.0. The Labute approximate surface area is 155 Å². The number of amides is 1. The smallest absolute Gasteiger partial charge is 0.251 e. The number of carbonyl (C=O) groups excluding carboxylic acids is 1. The van der Waals surface area contributed by atoms with Crippen LogP contribution in [0.3, 0.4) is 0 Å². The van der Waals surface area contributed by atoms with E-state index in [0.717, 1.165) is 4.31 Å². The Morgan fingerprint density at radius 1 is 1.20 bits per heavy atom. The molecule has 2 aromatic carbocycles. The Morgan fingerprint density at radius 2 is 1.88 bits per heavy atom. The molecule has 25 heavy (non-hydrogen) atoms. The minimum atomic E-state index is -3.68. The number of hydrogen-bond acceptors (Lipinski definition) is 3. The van der Waals surface area contributed by atoms with Crippen LogP contribution in [0.4, 0.5) is 4.39 Å². The van der Waals surface area contributed by atoms with E-state index in [1.54, 1.807) is 19.1 Å². The molecule has 0 aromatic heterocycles. The van der Waals surface area contributed by atoms with Crippen LogP contribution in [0.5, 0.6) is 0 Å². The molecule has 0 unspecified atom stereocenters. The van der Waals surface area contributed by atoms with Gasteiger partial charge in [0, 0.05) is 30.7 Å². The number of hydrogen-bond donors (Lipinski definition) is 1. The lowest BCUT2D eigenvalue weighted by molar-refractivity contribution is 0.0950. The summed E-state index contributed by atoms with van der Waals surface area (Å²) in [7, 11) is -0.850. The predicted molar refractivity (Wildman–Crippen MR) is 97.3 cm³/mol. The van der Waals surface area contributed by atoms with E-state index in [9.17, 15) is 17.6 Å². The number of rotatable bonds is 5. The summed E-state index contributed by atoms with van der Waals surface area (Å²) in [5.74, 6) is -0.779. The maximum absolute atomic E-state index is 13.5. The number of nitrogens with zero attached hydrogens (tertiary/aromatic N) is 1. The van der Waals surface area contributed by atoms with Gasteiger partial charge >= 0.3 is 0 Å². The highest BCUT2D eigenvalue weighted by molar-refractivity contribution is 9.10. The van der Waals surface area contributed by atoms with Crippen molar-refractivity contribution in [2.24, 2.45) is 0 Å². The van der Waals surface area contributed by atoms with Gasteiger partial charge in [0.15, 0.2) is 0 Å². The first-order chi connectivity index (χ1) is 11.6. The molecule has 2 rings (SSSR count). The maximum Gasteiger partial charge on any atom is 0.251 e. The first kappa shape index (κ1) is 19.6. The largest absolute Gasteiger partial charge is 0.348 e. The highest BCUT2D eigenvalue weighted by atomic mass is 79.9. The fraction of sp³-hybridized carbons (Fsp3) is 0.235. The number of aryl methyl sites for hydroxylation is 1. The van der Waals surface area contributed by atoms with E-state index < -0.39 is 15.9 Å². The van der Waals surface area contributed by atoms with Gasteiger partial charge in [-0.3, -0.25) is 4.79 Å². The van der Waals surface area contributed by atoms with Gasteiger partial charge < -0.3 is 5.32 Å². The number of halogens is 2. The van der Waals surface area contributed by atoms with Gasteiger partial charge in [0.2, 0.25) is 10.0 Å². The molecular formula is C17H18BrFN2O3S. The molecule has 1 N–H and O–H groups in total. The van der Waals surface area contributed by atoms with Gasteiger partial charge in [-0.1, -0.05) is 12.1 Å². The molecular weight excluding hydrogens is 411 g/mol. The van der Waals surface area contributed by atoms with E-state index in [2.05, 4.69) is 21.2 Å². The summed E-state index contributed by atoms with van der Waals surface area (Å²) in [4.78, 5) is 12.3. The van der Waals surface area contributed by atoms with Crippen molar-refractivity contribution in [3.63, 3.8) is 0 Å². The van der Waals surface area contributed by atoms with E-state index in [0.29, 0.717) is 15.6 Å². The number of nitrogens with one attached hydrogen (secondary N) is 1. The lowest BCUT2D eigenvalue weighted by atomic mass is 10.1. The third-order valence-corrected chi connectivity index (χ3v) is 6.45. The minimum absolute atomic E-state index is 0.00605. The SMILES string of the molecule is Cc1ccc(CNC(=O)c2ccc(Br)c(S(=O)(=O)N(C)C)c2)cc1F. The third-order valence-electron chi connectivity index (χ3n) is 3.64. The summed E-state index contributed by atoms with van der Waals surface area (Å²) < 4.78 is 39.6. The van der Waals surface area contributed by atoms with E-state index in [1.165, 1.54) is 38.4 Å². The lowest BCUT2D eigenvalue weighted by Crippen LogP contribution is -2.25. The molecule has 0 aliphatic heterocycles. The molecule has 0 aliphatic carbocycles. The first-order valence-corrected chi connectivity index (χ1v) is 9.61. The van der Waals surface area contributed by atoms with Crippen molar-refractivity contribution in [2.45, 2.75) is 18.4 Å². The average molecular weight is 429 g/mol. The molecule has 0 spiro atoms. The van der Waals surface area contributed by atoms with Crippen LogP contribution in [0.15, 0.2) is 45.8 Å². The maximum atomic E-state index is 13.5. The van der Waals surface area contributed by atoms with E-state index in [-0.39, 0.29) is 22.8 Å². The van der Waals surface area contributed by atoms with Gasteiger partial charge in [-0.2, -0.15) is 0 Å². The summed E-state index contributed by atoms with van der Waals surface area (Å²) in [5, 5.41) is 2.66. The number of benzene rings is 2. The summed E-state index contributed by atoms with van der Waals surface area (Å²) in [6.07, 6.45) is 0. The summed E-state index contributed by atoms with van der Waals surface area (Å²) in [5.41, 5.74) is 1.35. The van der Waals surface area contributed by atoms with Crippen molar-refractivity contribution in [1.29, 1.82) is 0 Å². The monoisotopic (exact) mass is 428 g/mol. The van der Waals surface area contributed by atoms with Crippen LogP contribution in [0.2, 0.25) is 0 Å². The normalized spacial score (nSPS) is 11.6. The molecule has 5 nitrogen and oxygen atoms in total. The molecule has 0 bridgehead atoms. The lowest BCUT2D eigenvalue weighted by Gasteiger charge is -2.14. The van der Waals surface area contributed by atoms with Crippen molar-refractivity contribution >= 4 is 31.9 Å². The minimum Gasteiger partial charge on any atom is -0.348 e.